The summed E-state index contributed by atoms with van der Waals surface area (Å²) in [6.07, 6.45) is 1.09. The summed E-state index contributed by atoms with van der Waals surface area (Å²) in [5, 5.41) is 3.12. The molecule has 1 atom stereocenters. The van der Waals surface area contributed by atoms with Gasteiger partial charge in [0.1, 0.15) is 10.7 Å². The van der Waals surface area contributed by atoms with E-state index in [0.717, 1.165) is 58.4 Å². The number of nitrogens with zero attached hydrogens (tertiary/aromatic N) is 3. The molecule has 2 fully saturated rings. The van der Waals surface area contributed by atoms with Crippen molar-refractivity contribution in [2.24, 2.45) is 10.9 Å². The number of ether oxygens (including phenoxy) is 1. The van der Waals surface area contributed by atoms with E-state index in [1.165, 1.54) is 18.2 Å². The predicted molar refractivity (Wildman–Crippen MR) is 107 cm³/mol. The first kappa shape index (κ1) is 21.0. The van der Waals surface area contributed by atoms with Gasteiger partial charge in [-0.05, 0) is 24.5 Å². The maximum atomic E-state index is 13.8. The van der Waals surface area contributed by atoms with E-state index in [1.807, 2.05) is 0 Å². The van der Waals surface area contributed by atoms with E-state index < -0.39 is 15.7 Å². The van der Waals surface area contributed by atoms with Crippen molar-refractivity contribution in [3.05, 3.63) is 30.1 Å². The van der Waals surface area contributed by atoms with Crippen LogP contribution in [0.1, 0.15) is 6.42 Å². The zero-order valence-electron chi connectivity index (χ0n) is 16.3. The molecule has 156 valence electrons. The second-order valence-corrected chi connectivity index (χ2v) is 9.31. The molecular formula is C19H29FN4O3S. The smallest absolute Gasteiger partial charge is 0.193 e. The lowest BCUT2D eigenvalue weighted by molar-refractivity contribution is 0.0315. The molecule has 0 aromatic heterocycles. The Balaban J connectivity index is 1.48. The van der Waals surface area contributed by atoms with Crippen molar-refractivity contribution in [2.45, 2.75) is 11.3 Å². The van der Waals surface area contributed by atoms with Gasteiger partial charge in [-0.25, -0.2) is 12.8 Å². The SMILES string of the molecule is CN=C(NCCS(=O)(=O)c1ccccc1F)N1CCC(CN2CCOCC2)C1. The number of rotatable bonds is 6. The maximum absolute atomic E-state index is 13.8. The van der Waals surface area contributed by atoms with Crippen LogP contribution in [0.25, 0.3) is 0 Å². The third-order valence-electron chi connectivity index (χ3n) is 5.24. The Morgan fingerprint density at radius 3 is 2.75 bits per heavy atom. The van der Waals surface area contributed by atoms with Crippen LogP contribution in [-0.4, -0.2) is 89.5 Å². The van der Waals surface area contributed by atoms with Crippen molar-refractivity contribution >= 4 is 15.8 Å². The largest absolute Gasteiger partial charge is 0.379 e. The van der Waals surface area contributed by atoms with Crippen LogP contribution < -0.4 is 5.32 Å². The monoisotopic (exact) mass is 412 g/mol. The first-order chi connectivity index (χ1) is 13.5. The van der Waals surface area contributed by atoms with E-state index >= 15 is 0 Å². The van der Waals surface area contributed by atoms with Crippen molar-refractivity contribution in [2.75, 3.05) is 65.3 Å². The molecule has 28 heavy (non-hydrogen) atoms. The number of benzene rings is 1. The summed E-state index contributed by atoms with van der Waals surface area (Å²) >= 11 is 0. The molecule has 2 aliphatic rings. The van der Waals surface area contributed by atoms with Crippen LogP contribution in [0, 0.1) is 11.7 Å². The van der Waals surface area contributed by atoms with Gasteiger partial charge in [0.2, 0.25) is 0 Å². The summed E-state index contributed by atoms with van der Waals surface area (Å²) in [5.74, 6) is 0.377. The Hall–Kier alpha value is -1.71. The van der Waals surface area contributed by atoms with Crippen molar-refractivity contribution in [3.8, 4) is 0 Å². The van der Waals surface area contributed by atoms with Crippen LogP contribution in [0.15, 0.2) is 34.2 Å². The molecule has 0 spiro atoms. The van der Waals surface area contributed by atoms with Gasteiger partial charge < -0.3 is 15.0 Å². The van der Waals surface area contributed by atoms with E-state index in [0.29, 0.717) is 11.9 Å². The van der Waals surface area contributed by atoms with Gasteiger partial charge in [0.05, 0.1) is 19.0 Å². The number of nitrogens with one attached hydrogen (secondary N) is 1. The third kappa shape index (κ3) is 5.42. The van der Waals surface area contributed by atoms with Crippen molar-refractivity contribution in [3.63, 3.8) is 0 Å². The molecule has 2 aliphatic heterocycles. The van der Waals surface area contributed by atoms with Crippen LogP contribution >= 0.6 is 0 Å². The lowest BCUT2D eigenvalue weighted by Gasteiger charge is -2.29. The van der Waals surface area contributed by atoms with E-state index in [-0.39, 0.29) is 17.2 Å². The lowest BCUT2D eigenvalue weighted by Crippen LogP contribution is -2.43. The van der Waals surface area contributed by atoms with Gasteiger partial charge in [-0.15, -0.1) is 0 Å². The maximum Gasteiger partial charge on any atom is 0.193 e. The number of likely N-dealkylation sites (tertiary alicyclic amines) is 1. The molecule has 0 radical (unpaired) electrons. The Morgan fingerprint density at radius 2 is 2.04 bits per heavy atom. The minimum Gasteiger partial charge on any atom is -0.379 e. The molecule has 9 heteroatoms. The minimum atomic E-state index is -3.68. The summed E-state index contributed by atoms with van der Waals surface area (Å²) in [4.78, 5) is 8.65. The number of sulfone groups is 1. The molecule has 2 heterocycles. The first-order valence-electron chi connectivity index (χ1n) is 9.72. The van der Waals surface area contributed by atoms with Gasteiger partial charge in [0.15, 0.2) is 15.8 Å². The van der Waals surface area contributed by atoms with Gasteiger partial charge in [-0.3, -0.25) is 9.89 Å². The van der Waals surface area contributed by atoms with Crippen LogP contribution in [0.2, 0.25) is 0 Å². The quantitative estimate of drug-likeness (QED) is 0.551. The van der Waals surface area contributed by atoms with Crippen LogP contribution in [0.4, 0.5) is 4.39 Å². The standard InChI is InChI=1S/C19H29FN4O3S/c1-21-19(22-7-13-28(25,26)18-5-3-2-4-17(18)20)24-8-6-16(15-24)14-23-9-11-27-12-10-23/h2-5,16H,6-15H2,1H3,(H,21,22). The van der Waals surface area contributed by atoms with E-state index in [4.69, 9.17) is 4.74 Å². The molecule has 2 saturated heterocycles. The third-order valence-corrected chi connectivity index (χ3v) is 6.99. The van der Waals surface area contributed by atoms with E-state index in [1.54, 1.807) is 7.05 Å². The highest BCUT2D eigenvalue weighted by molar-refractivity contribution is 7.91. The fraction of sp³-hybridized carbons (Fsp3) is 0.632. The van der Waals surface area contributed by atoms with Crippen LogP contribution in [-0.2, 0) is 14.6 Å². The zero-order chi connectivity index (χ0) is 20.0. The fourth-order valence-corrected chi connectivity index (χ4v) is 5.00. The summed E-state index contributed by atoms with van der Waals surface area (Å²) in [5.41, 5.74) is 0. The second kappa shape index (κ2) is 9.67. The zero-order valence-corrected chi connectivity index (χ0v) is 17.1. The lowest BCUT2D eigenvalue weighted by atomic mass is 10.1. The average molecular weight is 413 g/mol. The minimum absolute atomic E-state index is 0.183. The summed E-state index contributed by atoms with van der Waals surface area (Å²) in [6, 6.07) is 5.48. The van der Waals surface area contributed by atoms with Gasteiger partial charge in [0, 0.05) is 46.3 Å². The number of morpholine rings is 1. The predicted octanol–water partition coefficient (Wildman–Crippen LogP) is 0.829. The molecule has 3 rings (SSSR count). The Kier molecular flexibility index (Phi) is 7.25. The number of guanidine groups is 1. The van der Waals surface area contributed by atoms with Gasteiger partial charge in [0.25, 0.3) is 0 Å². The molecule has 1 aromatic carbocycles. The van der Waals surface area contributed by atoms with E-state index in [9.17, 15) is 12.8 Å². The topological polar surface area (TPSA) is 74.2 Å². The Bertz CT molecular complexity index is 781. The highest BCUT2D eigenvalue weighted by atomic mass is 32.2. The highest BCUT2D eigenvalue weighted by Crippen LogP contribution is 2.18. The van der Waals surface area contributed by atoms with Gasteiger partial charge in [-0.1, -0.05) is 12.1 Å². The molecule has 1 aromatic rings. The molecular weight excluding hydrogens is 383 g/mol. The molecule has 7 nitrogen and oxygen atoms in total. The van der Waals surface area contributed by atoms with E-state index in [2.05, 4.69) is 20.1 Å². The molecule has 0 bridgehead atoms. The van der Waals surface area contributed by atoms with Gasteiger partial charge in [-0.2, -0.15) is 0 Å². The van der Waals surface area contributed by atoms with Crippen molar-refractivity contribution in [1.82, 2.24) is 15.1 Å². The van der Waals surface area contributed by atoms with Gasteiger partial charge >= 0.3 is 0 Å². The molecule has 1 unspecified atom stereocenters. The summed E-state index contributed by atoms with van der Waals surface area (Å²) in [7, 11) is -1.98. The normalized spacial score (nSPS) is 21.9. The molecule has 0 saturated carbocycles. The van der Waals surface area contributed by atoms with Crippen LogP contribution in [0.5, 0.6) is 0 Å². The summed E-state index contributed by atoms with van der Waals surface area (Å²) < 4.78 is 43.9. The number of hydrogen-bond donors (Lipinski definition) is 1. The Labute approximate surface area is 166 Å². The Morgan fingerprint density at radius 1 is 1.29 bits per heavy atom. The fourth-order valence-electron chi connectivity index (χ4n) is 3.76. The number of aliphatic imine (C=N–C) groups is 1. The second-order valence-electron chi connectivity index (χ2n) is 7.24. The highest BCUT2D eigenvalue weighted by Gasteiger charge is 2.27. The molecule has 0 amide bonds. The van der Waals surface area contributed by atoms with Crippen molar-refractivity contribution < 1.29 is 17.5 Å². The number of hydrogen-bond acceptors (Lipinski definition) is 5. The molecule has 1 N–H and O–H groups in total. The number of halogens is 1. The first-order valence-corrected chi connectivity index (χ1v) is 11.4. The average Bonchev–Trinajstić information content (AvgIpc) is 3.14. The van der Waals surface area contributed by atoms with Crippen LogP contribution in [0.3, 0.4) is 0 Å². The molecule has 0 aliphatic carbocycles. The van der Waals surface area contributed by atoms with Crippen molar-refractivity contribution in [1.29, 1.82) is 0 Å². The summed E-state index contributed by atoms with van der Waals surface area (Å²) in [6.45, 7) is 6.61.